The predicted molar refractivity (Wildman–Crippen MR) is 229 cm³/mol. The number of hydrogen-bond donors (Lipinski definition) is 0. The van der Waals surface area contributed by atoms with Crippen LogP contribution < -0.4 is 4.90 Å². The molecule has 0 bridgehead atoms. The molecule has 0 atom stereocenters. The molecule has 4 heteroatoms. The molecule has 0 saturated carbocycles. The smallest absolute Gasteiger partial charge is 0.227 e. The van der Waals surface area contributed by atoms with Crippen molar-refractivity contribution in [3.63, 3.8) is 0 Å². The first kappa shape index (κ1) is 24.7. The van der Waals surface area contributed by atoms with Gasteiger partial charge in [-0.1, -0.05) is 139 Å². The van der Waals surface area contributed by atoms with Gasteiger partial charge in [0, 0.05) is 38.5 Å². The summed E-state index contributed by atoms with van der Waals surface area (Å²) >= 11 is 0. The molecular formula is C51H33N3O. The molecule has 55 heavy (non-hydrogen) atoms. The van der Waals surface area contributed by atoms with Crippen LogP contribution in [0.2, 0.25) is 0 Å². The van der Waals surface area contributed by atoms with Crippen LogP contribution in [-0.4, -0.2) is 9.55 Å². The standard InChI is InChI=1S/C51H33N3O/c1-3-15-34(16-4-1)38-21-13-22-39(31-38)53(47-28-14-26-45-50(47)55-51(52-45)36-18-5-2-6-19-36)48-33-44-42-24-11-12-27-46(42)54(49(44)43-25-10-9-23-41(43)48)40-30-29-35-17-7-8-20-37(35)32-40/h1-33H/i7D,8D,17D,20D,29D,30D,32D. The van der Waals surface area contributed by atoms with Crippen LogP contribution in [0.5, 0.6) is 0 Å². The van der Waals surface area contributed by atoms with E-state index < -0.39 is 24.2 Å². The lowest BCUT2D eigenvalue weighted by molar-refractivity contribution is 0.620. The summed E-state index contributed by atoms with van der Waals surface area (Å²) in [6.45, 7) is 0. The van der Waals surface area contributed by atoms with E-state index in [0.29, 0.717) is 28.0 Å². The van der Waals surface area contributed by atoms with E-state index in [2.05, 4.69) is 41.3 Å². The minimum absolute atomic E-state index is 0.0592. The highest BCUT2D eigenvalue weighted by atomic mass is 16.3. The Labute approximate surface area is 327 Å². The molecule has 258 valence electrons. The number of fused-ring (bicyclic) bond motifs is 7. The van der Waals surface area contributed by atoms with Crippen LogP contribution in [0.3, 0.4) is 0 Å². The van der Waals surface area contributed by atoms with Gasteiger partial charge in [-0.25, -0.2) is 4.98 Å². The summed E-state index contributed by atoms with van der Waals surface area (Å²) in [5, 5.41) is 3.05. The molecule has 11 aromatic rings. The largest absolute Gasteiger partial charge is 0.434 e. The van der Waals surface area contributed by atoms with E-state index in [0.717, 1.165) is 55.3 Å². The number of benzene rings is 9. The lowest BCUT2D eigenvalue weighted by Crippen LogP contribution is -2.11. The summed E-state index contributed by atoms with van der Waals surface area (Å²) in [5.74, 6) is 0.501. The second kappa shape index (κ2) is 12.6. The van der Waals surface area contributed by atoms with Crippen LogP contribution in [0.25, 0.3) is 82.7 Å². The van der Waals surface area contributed by atoms with Crippen LogP contribution in [0, 0.1) is 0 Å². The third kappa shape index (κ3) is 5.11. The zero-order valence-electron chi connectivity index (χ0n) is 36.3. The van der Waals surface area contributed by atoms with Crippen molar-refractivity contribution >= 4 is 71.5 Å². The van der Waals surface area contributed by atoms with Crippen molar-refractivity contribution in [2.45, 2.75) is 0 Å². The Bertz CT molecular complexity index is 3620. The van der Waals surface area contributed by atoms with Crippen LogP contribution in [0.1, 0.15) is 9.60 Å². The molecule has 11 rings (SSSR count). The number of oxazole rings is 1. The molecule has 0 N–H and O–H groups in total. The molecule has 0 saturated heterocycles. The van der Waals surface area contributed by atoms with E-state index in [-0.39, 0.29) is 34.6 Å². The van der Waals surface area contributed by atoms with Gasteiger partial charge < -0.3 is 13.9 Å². The first-order valence-electron chi connectivity index (χ1n) is 21.6. The molecule has 0 amide bonds. The van der Waals surface area contributed by atoms with Crippen LogP contribution in [0.4, 0.5) is 17.1 Å². The summed E-state index contributed by atoms with van der Waals surface area (Å²) in [6, 6.07) is 49.5. The quantitative estimate of drug-likeness (QED) is 0.172. The monoisotopic (exact) mass is 710 g/mol. The molecule has 0 unspecified atom stereocenters. The van der Waals surface area contributed by atoms with Crippen LogP contribution >= 0.6 is 0 Å². The summed E-state index contributed by atoms with van der Waals surface area (Å²) in [4.78, 5) is 7.14. The van der Waals surface area contributed by atoms with Crippen molar-refractivity contribution in [3.05, 3.63) is 200 Å². The van der Waals surface area contributed by atoms with E-state index in [1.165, 1.54) is 0 Å². The molecule has 0 aliphatic rings. The van der Waals surface area contributed by atoms with E-state index in [9.17, 15) is 2.74 Å². The van der Waals surface area contributed by atoms with Crippen molar-refractivity contribution in [3.8, 4) is 28.3 Å². The van der Waals surface area contributed by atoms with Gasteiger partial charge in [0.2, 0.25) is 5.89 Å². The Morgan fingerprint density at radius 3 is 2.05 bits per heavy atom. The summed E-state index contributed by atoms with van der Waals surface area (Å²) < 4.78 is 70.9. The van der Waals surface area contributed by atoms with Crippen molar-refractivity contribution < 1.29 is 14.0 Å². The average Bonchev–Trinajstić information content (AvgIpc) is 3.90. The normalized spacial score (nSPS) is 13.4. The Morgan fingerprint density at radius 2 is 1.22 bits per heavy atom. The first-order chi connectivity index (χ1) is 30.2. The molecule has 2 aromatic heterocycles. The van der Waals surface area contributed by atoms with Gasteiger partial charge in [0.15, 0.2) is 5.58 Å². The van der Waals surface area contributed by atoms with E-state index in [1.54, 1.807) is 0 Å². The minimum Gasteiger partial charge on any atom is -0.434 e. The molecule has 4 nitrogen and oxygen atoms in total. The predicted octanol–water partition coefficient (Wildman–Crippen LogP) is 14.0. The number of para-hydroxylation sites is 2. The first-order valence-corrected chi connectivity index (χ1v) is 18.1. The SMILES string of the molecule is [2H]c1c([2H])c([2H])c2c([2H])c(-n3c4ccccc4c4cc(N(c5cccc(-c6ccccc6)c5)c5cccc6nc(-c7ccccc7)oc56)c5ccccc5c43)c([2H])c([2H])c2c1[2H]. The lowest BCUT2D eigenvalue weighted by atomic mass is 10.0. The van der Waals surface area contributed by atoms with Crippen molar-refractivity contribution in [1.29, 1.82) is 0 Å². The molecule has 0 radical (unpaired) electrons. The van der Waals surface area contributed by atoms with Gasteiger partial charge in [0.1, 0.15) is 5.52 Å². The zero-order valence-corrected chi connectivity index (χ0v) is 29.3. The minimum atomic E-state index is -0.505. The van der Waals surface area contributed by atoms with Crippen LogP contribution in [-0.2, 0) is 0 Å². The molecule has 0 aliphatic heterocycles. The van der Waals surface area contributed by atoms with Crippen LogP contribution in [0.15, 0.2) is 204 Å². The number of nitrogens with zero attached hydrogens (tertiary/aromatic N) is 3. The van der Waals surface area contributed by atoms with E-state index in [1.807, 2.05) is 126 Å². The zero-order chi connectivity index (χ0) is 42.4. The summed E-state index contributed by atoms with van der Waals surface area (Å²) in [7, 11) is 0. The van der Waals surface area contributed by atoms with Gasteiger partial charge in [0.05, 0.1) is 32.0 Å². The second-order valence-corrected chi connectivity index (χ2v) is 13.4. The third-order valence-corrected chi connectivity index (χ3v) is 10.2. The summed E-state index contributed by atoms with van der Waals surface area (Å²) in [5.41, 5.74) is 8.13. The highest BCUT2D eigenvalue weighted by Crippen LogP contribution is 2.47. The third-order valence-electron chi connectivity index (χ3n) is 10.2. The van der Waals surface area contributed by atoms with Crippen molar-refractivity contribution in [1.82, 2.24) is 9.55 Å². The fourth-order valence-corrected chi connectivity index (χ4v) is 7.78. The highest BCUT2D eigenvalue weighted by Gasteiger charge is 2.25. The maximum Gasteiger partial charge on any atom is 0.227 e. The lowest BCUT2D eigenvalue weighted by Gasteiger charge is -2.28. The highest BCUT2D eigenvalue weighted by molar-refractivity contribution is 6.23. The second-order valence-electron chi connectivity index (χ2n) is 13.4. The Hall–Kier alpha value is -7.43. The average molecular weight is 711 g/mol. The number of rotatable bonds is 6. The molecule has 0 fully saturated rings. The molecule has 0 spiro atoms. The number of hydrogen-bond acceptors (Lipinski definition) is 3. The molecule has 2 heterocycles. The Morgan fingerprint density at radius 1 is 0.527 bits per heavy atom. The Balaban J connectivity index is 1.26. The van der Waals surface area contributed by atoms with Gasteiger partial charge in [-0.2, -0.15) is 0 Å². The van der Waals surface area contributed by atoms with Gasteiger partial charge in [0.25, 0.3) is 0 Å². The van der Waals surface area contributed by atoms with Gasteiger partial charge >= 0.3 is 0 Å². The molecular weight excluding hydrogens is 671 g/mol. The molecule has 9 aromatic carbocycles. The van der Waals surface area contributed by atoms with Gasteiger partial charge in [-0.3, -0.25) is 0 Å². The van der Waals surface area contributed by atoms with E-state index >= 15 is 0 Å². The van der Waals surface area contributed by atoms with Gasteiger partial charge in [-0.15, -0.1) is 0 Å². The maximum atomic E-state index is 9.59. The fraction of sp³-hybridized carbons (Fsp3) is 0. The topological polar surface area (TPSA) is 34.2 Å². The van der Waals surface area contributed by atoms with E-state index in [4.69, 9.17) is 16.3 Å². The fourth-order valence-electron chi connectivity index (χ4n) is 7.78. The molecule has 0 aliphatic carbocycles. The van der Waals surface area contributed by atoms with Gasteiger partial charge in [-0.05, 0) is 82.5 Å². The number of aromatic nitrogens is 2. The summed E-state index contributed by atoms with van der Waals surface area (Å²) in [6.07, 6.45) is 0. The Kier molecular flexibility index (Phi) is 5.67. The van der Waals surface area contributed by atoms with Crippen molar-refractivity contribution in [2.75, 3.05) is 4.90 Å². The maximum absolute atomic E-state index is 9.59. The van der Waals surface area contributed by atoms with Crippen molar-refractivity contribution in [2.24, 2.45) is 0 Å². The number of anilines is 3.